The molecule has 1 saturated heterocycles. The fraction of sp³-hybridized carbons (Fsp3) is 0.394. The van der Waals surface area contributed by atoms with Gasteiger partial charge in [0, 0.05) is 50.5 Å². The number of aryl methyl sites for hydroxylation is 1. The van der Waals surface area contributed by atoms with E-state index in [-0.39, 0.29) is 17.6 Å². The van der Waals surface area contributed by atoms with Gasteiger partial charge in [-0.2, -0.15) is 5.10 Å². The molecule has 0 aliphatic carbocycles. The largest absolute Gasteiger partial charge is 0.444 e. The molecular weight excluding hydrogens is 558 g/mol. The predicted octanol–water partition coefficient (Wildman–Crippen LogP) is 4.33. The highest BCUT2D eigenvalue weighted by Crippen LogP contribution is 2.28. The van der Waals surface area contributed by atoms with Crippen LogP contribution in [0, 0.1) is 0 Å². The molecule has 1 aliphatic heterocycles. The number of alkyl carbamates (subject to hydrolysis) is 1. The molecule has 0 radical (unpaired) electrons. The molecule has 5 aromatic rings. The summed E-state index contributed by atoms with van der Waals surface area (Å²) in [7, 11) is 1.79. The number of aromatic amines is 1. The van der Waals surface area contributed by atoms with Gasteiger partial charge in [-0.25, -0.2) is 9.78 Å². The Morgan fingerprint density at radius 1 is 1.09 bits per heavy atom. The van der Waals surface area contributed by atoms with Gasteiger partial charge in [0.05, 0.1) is 24.2 Å². The summed E-state index contributed by atoms with van der Waals surface area (Å²) < 4.78 is 8.45. The number of amides is 1. The molecule has 0 spiro atoms. The first-order valence-corrected chi connectivity index (χ1v) is 15.0. The molecule has 0 unspecified atom stereocenters. The molecule has 6 rings (SSSR count). The van der Waals surface area contributed by atoms with Gasteiger partial charge in [-0.3, -0.25) is 18.9 Å². The van der Waals surface area contributed by atoms with Gasteiger partial charge < -0.3 is 20.1 Å². The zero-order valence-electron chi connectivity index (χ0n) is 25.6. The SMILES string of the molecule is Cn1nc2c(=O)n(CC3(O)CCN(Cc4cccc5cc[nH]c45)CC3)cnc2c1-c1ccc(CNC(=O)OC(C)(C)C)cc1. The predicted molar refractivity (Wildman–Crippen MR) is 169 cm³/mol. The minimum absolute atomic E-state index is 0.167. The van der Waals surface area contributed by atoms with Crippen LogP contribution in [-0.2, 0) is 31.4 Å². The van der Waals surface area contributed by atoms with E-state index in [1.54, 1.807) is 11.7 Å². The van der Waals surface area contributed by atoms with Crippen molar-refractivity contribution in [3.8, 4) is 11.3 Å². The number of nitrogens with zero attached hydrogens (tertiary/aromatic N) is 5. The van der Waals surface area contributed by atoms with Crippen LogP contribution >= 0.6 is 0 Å². The minimum Gasteiger partial charge on any atom is -0.444 e. The van der Waals surface area contributed by atoms with Crippen molar-refractivity contribution < 1.29 is 14.6 Å². The Kier molecular flexibility index (Phi) is 7.77. The highest BCUT2D eigenvalue weighted by Gasteiger charge is 2.33. The van der Waals surface area contributed by atoms with E-state index >= 15 is 0 Å². The molecule has 1 aliphatic rings. The molecule has 11 nitrogen and oxygen atoms in total. The normalized spacial score (nSPS) is 15.6. The summed E-state index contributed by atoms with van der Waals surface area (Å²) in [4.78, 5) is 35.8. The van der Waals surface area contributed by atoms with Gasteiger partial charge in [-0.1, -0.05) is 42.5 Å². The standard InChI is InChI=1S/C33H39N7O4/c1-32(2,3)44-31(42)35-18-22-8-10-24(11-9-22)29-27-28(37-38(29)4)30(41)40(21-36-27)20-33(43)13-16-39(17-14-33)19-25-7-5-6-23-12-15-34-26(23)25/h5-12,15,21,34,43H,13-14,16-20H2,1-4H3,(H,35,42). The van der Waals surface area contributed by atoms with Gasteiger partial charge in [-0.05, 0) is 56.2 Å². The second-order valence-electron chi connectivity index (χ2n) is 12.8. The lowest BCUT2D eigenvalue weighted by atomic mass is 9.91. The number of ether oxygens (including phenoxy) is 1. The first kappa shape index (κ1) is 29.6. The molecule has 1 fully saturated rings. The van der Waals surface area contributed by atoms with E-state index in [0.717, 1.165) is 42.0 Å². The molecule has 44 heavy (non-hydrogen) atoms. The lowest BCUT2D eigenvalue weighted by molar-refractivity contribution is -0.0364. The second-order valence-corrected chi connectivity index (χ2v) is 12.8. The van der Waals surface area contributed by atoms with Crippen LogP contribution in [0.15, 0.2) is 65.8 Å². The van der Waals surface area contributed by atoms with E-state index in [4.69, 9.17) is 4.74 Å². The van der Waals surface area contributed by atoms with Crippen LogP contribution in [0.4, 0.5) is 4.79 Å². The zero-order chi connectivity index (χ0) is 31.1. The molecule has 2 aromatic carbocycles. The van der Waals surface area contributed by atoms with Crippen LogP contribution in [0.5, 0.6) is 0 Å². The lowest BCUT2D eigenvalue weighted by Crippen LogP contribution is -2.47. The van der Waals surface area contributed by atoms with Crippen molar-refractivity contribution in [2.45, 2.75) is 64.4 Å². The highest BCUT2D eigenvalue weighted by atomic mass is 16.6. The van der Waals surface area contributed by atoms with Crippen molar-refractivity contribution >= 4 is 28.0 Å². The molecule has 4 heterocycles. The van der Waals surface area contributed by atoms with Crippen molar-refractivity contribution in [1.29, 1.82) is 0 Å². The number of likely N-dealkylation sites (tertiary alicyclic amines) is 1. The number of aliphatic hydroxyl groups is 1. The average Bonchev–Trinajstić information content (AvgIpc) is 3.59. The molecule has 230 valence electrons. The summed E-state index contributed by atoms with van der Waals surface area (Å²) >= 11 is 0. The second kappa shape index (κ2) is 11.5. The van der Waals surface area contributed by atoms with Crippen LogP contribution in [-0.4, -0.2) is 64.7 Å². The Balaban J connectivity index is 1.12. The summed E-state index contributed by atoms with van der Waals surface area (Å²) in [6, 6.07) is 16.0. The monoisotopic (exact) mass is 597 g/mol. The van der Waals surface area contributed by atoms with Gasteiger partial charge in [0.1, 0.15) is 11.1 Å². The summed E-state index contributed by atoms with van der Waals surface area (Å²) in [5, 5.41) is 19.9. The maximum absolute atomic E-state index is 13.5. The van der Waals surface area contributed by atoms with Crippen molar-refractivity contribution in [2.24, 2.45) is 7.05 Å². The van der Waals surface area contributed by atoms with Crippen molar-refractivity contribution in [3.63, 3.8) is 0 Å². The number of hydrogen-bond donors (Lipinski definition) is 3. The third-order valence-electron chi connectivity index (χ3n) is 8.19. The van der Waals surface area contributed by atoms with Gasteiger partial charge >= 0.3 is 6.09 Å². The number of benzene rings is 2. The molecule has 3 N–H and O–H groups in total. The van der Waals surface area contributed by atoms with Gasteiger partial charge in [0.2, 0.25) is 0 Å². The maximum Gasteiger partial charge on any atom is 0.407 e. The number of carbonyl (C=O) groups excluding carboxylic acids is 1. The van der Waals surface area contributed by atoms with E-state index < -0.39 is 17.3 Å². The fourth-order valence-corrected chi connectivity index (χ4v) is 5.92. The first-order valence-electron chi connectivity index (χ1n) is 15.0. The minimum atomic E-state index is -1.01. The summed E-state index contributed by atoms with van der Waals surface area (Å²) in [5.41, 5.74) is 3.80. The zero-order valence-corrected chi connectivity index (χ0v) is 25.6. The highest BCUT2D eigenvalue weighted by molar-refractivity contribution is 5.89. The van der Waals surface area contributed by atoms with E-state index in [2.05, 4.69) is 49.5 Å². The van der Waals surface area contributed by atoms with E-state index in [0.29, 0.717) is 24.9 Å². The number of nitrogens with one attached hydrogen (secondary N) is 2. The topological polar surface area (TPSA) is 130 Å². The van der Waals surface area contributed by atoms with Gasteiger partial charge in [0.25, 0.3) is 5.56 Å². The molecule has 0 bridgehead atoms. The molecule has 0 saturated carbocycles. The number of hydrogen-bond acceptors (Lipinski definition) is 7. The summed E-state index contributed by atoms with van der Waals surface area (Å²) in [6.45, 7) is 8.22. The number of carbonyl (C=O) groups is 1. The molecule has 1 amide bonds. The summed E-state index contributed by atoms with van der Waals surface area (Å²) in [5.74, 6) is 0. The van der Waals surface area contributed by atoms with Crippen LogP contribution in [0.1, 0.15) is 44.7 Å². The molecule has 11 heteroatoms. The molecule has 3 aromatic heterocycles. The van der Waals surface area contributed by atoms with Gasteiger partial charge in [-0.15, -0.1) is 0 Å². The van der Waals surface area contributed by atoms with Crippen LogP contribution < -0.4 is 10.9 Å². The lowest BCUT2D eigenvalue weighted by Gasteiger charge is -2.38. The number of fused-ring (bicyclic) bond motifs is 2. The van der Waals surface area contributed by atoms with Crippen molar-refractivity contribution in [2.75, 3.05) is 13.1 Å². The van der Waals surface area contributed by atoms with E-state index in [1.165, 1.54) is 21.8 Å². The quantitative estimate of drug-likeness (QED) is 0.255. The van der Waals surface area contributed by atoms with E-state index in [9.17, 15) is 14.7 Å². The van der Waals surface area contributed by atoms with Crippen molar-refractivity contribution in [1.82, 2.24) is 34.5 Å². The smallest absolute Gasteiger partial charge is 0.407 e. The number of H-pyrrole nitrogens is 1. The summed E-state index contributed by atoms with van der Waals surface area (Å²) in [6.07, 6.45) is 4.12. The van der Waals surface area contributed by atoms with Crippen LogP contribution in [0.3, 0.4) is 0 Å². The van der Waals surface area contributed by atoms with Gasteiger partial charge in [0.15, 0.2) is 5.52 Å². The molecule has 0 atom stereocenters. The maximum atomic E-state index is 13.5. The molecular formula is C33H39N7O4. The Hall–Kier alpha value is -4.48. The van der Waals surface area contributed by atoms with Crippen molar-refractivity contribution in [3.05, 3.63) is 82.5 Å². The average molecular weight is 598 g/mol. The Morgan fingerprint density at radius 2 is 1.84 bits per heavy atom. The Morgan fingerprint density at radius 3 is 2.57 bits per heavy atom. The Labute approximate surface area is 255 Å². The third kappa shape index (κ3) is 6.24. The first-order chi connectivity index (χ1) is 21.0. The number of para-hydroxylation sites is 1. The number of rotatable bonds is 7. The Bertz CT molecular complexity index is 1860. The number of aromatic nitrogens is 5. The van der Waals surface area contributed by atoms with Crippen LogP contribution in [0.2, 0.25) is 0 Å². The number of piperidine rings is 1. The fourth-order valence-electron chi connectivity index (χ4n) is 5.92. The van der Waals surface area contributed by atoms with Crippen LogP contribution in [0.25, 0.3) is 33.2 Å². The van der Waals surface area contributed by atoms with E-state index in [1.807, 2.05) is 51.2 Å². The third-order valence-corrected chi connectivity index (χ3v) is 8.19.